The maximum Gasteiger partial charge on any atom is 0.224 e. The van der Waals surface area contributed by atoms with Crippen LogP contribution in [0.1, 0.15) is 23.1 Å². The number of carbonyl (C=O) groups excluding carboxylic acids is 1. The summed E-state index contributed by atoms with van der Waals surface area (Å²) in [4.78, 5) is 21.1. The van der Waals surface area contributed by atoms with Gasteiger partial charge >= 0.3 is 0 Å². The van der Waals surface area contributed by atoms with Crippen LogP contribution >= 0.6 is 0 Å². The maximum atomic E-state index is 12.5. The zero-order valence-corrected chi connectivity index (χ0v) is 16.0. The highest BCUT2D eigenvalue weighted by Gasteiger charge is 2.21. The van der Waals surface area contributed by atoms with E-state index in [4.69, 9.17) is 0 Å². The second kappa shape index (κ2) is 8.21. The van der Waals surface area contributed by atoms with Gasteiger partial charge in [0.05, 0.1) is 0 Å². The molecule has 2 aromatic rings. The highest BCUT2D eigenvalue weighted by Crippen LogP contribution is 2.22. The van der Waals surface area contributed by atoms with Crippen molar-refractivity contribution in [3.05, 3.63) is 53.2 Å². The molecule has 0 atom stereocenters. The van der Waals surface area contributed by atoms with Gasteiger partial charge in [0, 0.05) is 51.0 Å². The van der Waals surface area contributed by atoms with Crippen molar-refractivity contribution in [3.8, 4) is 0 Å². The zero-order chi connectivity index (χ0) is 18.5. The number of amides is 1. The normalized spacial score (nSPS) is 14.4. The zero-order valence-electron chi connectivity index (χ0n) is 16.0. The molecule has 1 saturated heterocycles. The number of hydrogen-bond acceptors (Lipinski definition) is 4. The van der Waals surface area contributed by atoms with E-state index in [1.54, 1.807) is 0 Å². The summed E-state index contributed by atoms with van der Waals surface area (Å²) in [7, 11) is 0. The number of piperazine rings is 1. The molecule has 3 rings (SSSR count). The molecule has 1 aromatic heterocycles. The van der Waals surface area contributed by atoms with Crippen molar-refractivity contribution < 1.29 is 4.79 Å². The van der Waals surface area contributed by atoms with E-state index in [1.807, 2.05) is 29.3 Å². The third-order valence-corrected chi connectivity index (χ3v) is 4.92. The first-order valence-corrected chi connectivity index (χ1v) is 9.30. The average Bonchev–Trinajstić information content (AvgIpc) is 2.64. The molecule has 1 aromatic carbocycles. The van der Waals surface area contributed by atoms with Crippen molar-refractivity contribution in [2.24, 2.45) is 0 Å². The Labute approximate surface area is 156 Å². The van der Waals surface area contributed by atoms with Gasteiger partial charge in [-0.2, -0.15) is 0 Å². The first-order chi connectivity index (χ1) is 12.5. The molecule has 0 radical (unpaired) electrons. The van der Waals surface area contributed by atoms with Gasteiger partial charge in [0.15, 0.2) is 0 Å². The molecule has 5 heteroatoms. The number of aryl methyl sites for hydroxylation is 3. The molecule has 0 unspecified atom stereocenters. The van der Waals surface area contributed by atoms with Crippen LogP contribution in [-0.4, -0.2) is 48.5 Å². The van der Waals surface area contributed by atoms with Gasteiger partial charge in [0.2, 0.25) is 5.91 Å². The first kappa shape index (κ1) is 18.2. The molecule has 26 heavy (non-hydrogen) atoms. The van der Waals surface area contributed by atoms with E-state index < -0.39 is 0 Å². The van der Waals surface area contributed by atoms with E-state index in [9.17, 15) is 4.79 Å². The van der Waals surface area contributed by atoms with Gasteiger partial charge in [-0.1, -0.05) is 23.8 Å². The molecule has 1 N–H and O–H groups in total. The highest BCUT2D eigenvalue weighted by molar-refractivity contribution is 5.77. The molecule has 0 spiro atoms. The first-order valence-electron chi connectivity index (χ1n) is 9.30. The summed E-state index contributed by atoms with van der Waals surface area (Å²) in [6.07, 6.45) is 2.34. The number of pyridine rings is 1. The Morgan fingerprint density at radius 1 is 1.08 bits per heavy atom. The van der Waals surface area contributed by atoms with Crippen molar-refractivity contribution in [1.82, 2.24) is 9.88 Å². The van der Waals surface area contributed by atoms with Crippen LogP contribution in [0.2, 0.25) is 0 Å². The fraction of sp³-hybridized carbons (Fsp3) is 0.429. The molecule has 0 aliphatic carbocycles. The van der Waals surface area contributed by atoms with Crippen LogP contribution in [0.5, 0.6) is 0 Å². The lowest BCUT2D eigenvalue weighted by Crippen LogP contribution is -2.49. The Morgan fingerprint density at radius 3 is 2.38 bits per heavy atom. The molecular formula is C21H28N4O. The fourth-order valence-corrected chi connectivity index (χ4v) is 3.64. The molecule has 1 aliphatic heterocycles. The summed E-state index contributed by atoms with van der Waals surface area (Å²) >= 11 is 0. The predicted octanol–water partition coefficient (Wildman–Crippen LogP) is 3.16. The molecule has 1 fully saturated rings. The lowest BCUT2D eigenvalue weighted by molar-refractivity contribution is -0.131. The van der Waals surface area contributed by atoms with Crippen LogP contribution in [0, 0.1) is 20.8 Å². The van der Waals surface area contributed by atoms with Gasteiger partial charge in [0.25, 0.3) is 0 Å². The van der Waals surface area contributed by atoms with E-state index in [1.165, 1.54) is 16.7 Å². The predicted molar refractivity (Wildman–Crippen MR) is 107 cm³/mol. The monoisotopic (exact) mass is 352 g/mol. The van der Waals surface area contributed by atoms with E-state index >= 15 is 0 Å². The summed E-state index contributed by atoms with van der Waals surface area (Å²) < 4.78 is 0. The van der Waals surface area contributed by atoms with Crippen molar-refractivity contribution >= 4 is 17.4 Å². The number of hydrogen-bond donors (Lipinski definition) is 1. The van der Waals surface area contributed by atoms with Crippen LogP contribution in [0.15, 0.2) is 36.5 Å². The SMILES string of the molecule is Cc1cc(C)c(NCCC(=O)N2CCN(c3ccccn3)CC2)c(C)c1. The standard InChI is InChI=1S/C21H28N4O/c1-16-14-17(2)21(18(3)15-16)23-9-7-20(26)25-12-10-24(11-13-25)19-6-4-5-8-22-19/h4-6,8,14-15,23H,7,9-13H2,1-3H3. The average molecular weight is 352 g/mol. The molecular weight excluding hydrogens is 324 g/mol. The van der Waals surface area contributed by atoms with Crippen molar-refractivity contribution in [3.63, 3.8) is 0 Å². The minimum absolute atomic E-state index is 0.223. The highest BCUT2D eigenvalue weighted by atomic mass is 16.2. The minimum atomic E-state index is 0.223. The lowest BCUT2D eigenvalue weighted by atomic mass is 10.1. The number of carbonyl (C=O) groups is 1. The second-order valence-corrected chi connectivity index (χ2v) is 7.01. The van der Waals surface area contributed by atoms with Crippen LogP contribution in [0.3, 0.4) is 0 Å². The number of benzene rings is 1. The topological polar surface area (TPSA) is 48.5 Å². The second-order valence-electron chi connectivity index (χ2n) is 7.01. The van der Waals surface area contributed by atoms with Crippen molar-refractivity contribution in [2.75, 3.05) is 42.9 Å². The van der Waals surface area contributed by atoms with Crippen molar-refractivity contribution in [2.45, 2.75) is 27.2 Å². The fourth-order valence-electron chi connectivity index (χ4n) is 3.64. The summed E-state index contributed by atoms with van der Waals surface area (Å²) in [6, 6.07) is 10.3. The van der Waals surface area contributed by atoms with Gasteiger partial charge in [-0.05, 0) is 44.0 Å². The minimum Gasteiger partial charge on any atom is -0.384 e. The number of anilines is 2. The van der Waals surface area contributed by atoms with Gasteiger partial charge in [-0.25, -0.2) is 4.98 Å². The third kappa shape index (κ3) is 4.34. The Hall–Kier alpha value is -2.56. The largest absolute Gasteiger partial charge is 0.384 e. The van der Waals surface area contributed by atoms with Gasteiger partial charge < -0.3 is 15.1 Å². The summed E-state index contributed by atoms with van der Waals surface area (Å²) in [6.45, 7) is 10.2. The number of aromatic nitrogens is 1. The van der Waals surface area contributed by atoms with Gasteiger partial charge in [-0.3, -0.25) is 4.79 Å². The maximum absolute atomic E-state index is 12.5. The quantitative estimate of drug-likeness (QED) is 0.898. The summed E-state index contributed by atoms with van der Waals surface area (Å²) in [5.41, 5.74) is 4.90. The van der Waals surface area contributed by atoms with Crippen molar-refractivity contribution in [1.29, 1.82) is 0 Å². The van der Waals surface area contributed by atoms with Crippen LogP contribution in [0.25, 0.3) is 0 Å². The Morgan fingerprint density at radius 2 is 1.77 bits per heavy atom. The van der Waals surface area contributed by atoms with Crippen LogP contribution < -0.4 is 10.2 Å². The number of nitrogens with one attached hydrogen (secondary N) is 1. The molecule has 0 saturated carbocycles. The molecule has 5 nitrogen and oxygen atoms in total. The smallest absolute Gasteiger partial charge is 0.224 e. The Kier molecular flexibility index (Phi) is 5.76. The van der Waals surface area contributed by atoms with E-state index in [-0.39, 0.29) is 5.91 Å². The van der Waals surface area contributed by atoms with E-state index in [0.717, 1.165) is 37.7 Å². The van der Waals surface area contributed by atoms with Crippen LogP contribution in [0.4, 0.5) is 11.5 Å². The molecule has 138 valence electrons. The molecule has 2 heterocycles. The molecule has 1 aliphatic rings. The third-order valence-electron chi connectivity index (χ3n) is 4.92. The molecule has 1 amide bonds. The van der Waals surface area contributed by atoms with E-state index in [2.05, 4.69) is 48.1 Å². The summed E-state index contributed by atoms with van der Waals surface area (Å²) in [5, 5.41) is 3.45. The molecule has 0 bridgehead atoms. The van der Waals surface area contributed by atoms with E-state index in [0.29, 0.717) is 13.0 Å². The Bertz CT molecular complexity index is 729. The lowest BCUT2D eigenvalue weighted by Gasteiger charge is -2.35. The summed E-state index contributed by atoms with van der Waals surface area (Å²) in [5.74, 6) is 1.21. The number of nitrogens with zero attached hydrogens (tertiary/aromatic N) is 3. The van der Waals surface area contributed by atoms with Gasteiger partial charge in [0.1, 0.15) is 5.82 Å². The van der Waals surface area contributed by atoms with Crippen LogP contribution in [-0.2, 0) is 4.79 Å². The number of rotatable bonds is 5. The Balaban J connectivity index is 1.46. The van der Waals surface area contributed by atoms with Gasteiger partial charge in [-0.15, -0.1) is 0 Å².